The number of carbonyl (C=O) groups is 1. The van der Waals surface area contributed by atoms with Crippen molar-refractivity contribution in [2.45, 2.75) is 65.7 Å². The van der Waals surface area contributed by atoms with Crippen molar-refractivity contribution in [3.05, 3.63) is 42.2 Å². The molecule has 7 nitrogen and oxygen atoms in total. The third-order valence-electron chi connectivity index (χ3n) is 5.25. The molecule has 2 aromatic heterocycles. The van der Waals surface area contributed by atoms with Crippen molar-refractivity contribution in [1.82, 2.24) is 29.5 Å². The molecule has 1 amide bonds. The van der Waals surface area contributed by atoms with E-state index in [1.807, 2.05) is 15.8 Å². The van der Waals surface area contributed by atoms with E-state index in [9.17, 15) is 4.79 Å². The lowest BCUT2D eigenvalue weighted by atomic mass is 10.1. The molecule has 0 radical (unpaired) electrons. The second kappa shape index (κ2) is 9.78. The van der Waals surface area contributed by atoms with Gasteiger partial charge < -0.3 is 4.90 Å². The van der Waals surface area contributed by atoms with Gasteiger partial charge in [-0.15, -0.1) is 0 Å². The molecule has 0 aromatic carbocycles. The van der Waals surface area contributed by atoms with Gasteiger partial charge in [0.2, 0.25) is 5.91 Å². The first kappa shape index (κ1) is 20.5. The van der Waals surface area contributed by atoms with Crippen molar-refractivity contribution in [1.29, 1.82) is 0 Å². The van der Waals surface area contributed by atoms with Gasteiger partial charge in [0, 0.05) is 68.9 Å². The van der Waals surface area contributed by atoms with Crippen LogP contribution < -0.4 is 0 Å². The zero-order valence-electron chi connectivity index (χ0n) is 17.3. The van der Waals surface area contributed by atoms with E-state index < -0.39 is 0 Å². The predicted molar refractivity (Wildman–Crippen MR) is 108 cm³/mol. The second-order valence-electron chi connectivity index (χ2n) is 8.22. The molecule has 1 fully saturated rings. The van der Waals surface area contributed by atoms with E-state index >= 15 is 0 Å². The summed E-state index contributed by atoms with van der Waals surface area (Å²) in [6.45, 7) is 10.6. The standard InChI is InChI=1S/C21H32N6O/c1-17(2)12-26-14-20(11-24-26)13-25-7-4-5-21(6-8-25)27(18(3)28)15-19-9-22-16-23-10-19/h9-11,14,16-17,21H,4-8,12-13,15H2,1-3H3/t21-/m1/s1. The molecule has 1 aliphatic rings. The van der Waals surface area contributed by atoms with E-state index in [0.29, 0.717) is 12.5 Å². The average molecular weight is 385 g/mol. The molecule has 0 aliphatic carbocycles. The Morgan fingerprint density at radius 3 is 2.68 bits per heavy atom. The maximum atomic E-state index is 12.3. The Balaban J connectivity index is 1.57. The zero-order chi connectivity index (χ0) is 19.9. The molecule has 152 valence electrons. The van der Waals surface area contributed by atoms with Crippen molar-refractivity contribution in [3.63, 3.8) is 0 Å². The van der Waals surface area contributed by atoms with Gasteiger partial charge in [0.05, 0.1) is 6.20 Å². The fourth-order valence-corrected chi connectivity index (χ4v) is 3.93. The van der Waals surface area contributed by atoms with Crippen LogP contribution in [0.5, 0.6) is 0 Å². The first-order chi connectivity index (χ1) is 13.5. The van der Waals surface area contributed by atoms with Gasteiger partial charge in [0.1, 0.15) is 6.33 Å². The normalized spacial score (nSPS) is 18.2. The minimum Gasteiger partial charge on any atom is -0.335 e. The number of rotatable bonds is 7. The number of aromatic nitrogens is 4. The van der Waals surface area contributed by atoms with Crippen molar-refractivity contribution in [2.24, 2.45) is 5.92 Å². The van der Waals surface area contributed by atoms with E-state index in [2.05, 4.69) is 40.0 Å². The highest BCUT2D eigenvalue weighted by molar-refractivity contribution is 5.73. The van der Waals surface area contributed by atoms with Crippen LogP contribution in [-0.4, -0.2) is 54.6 Å². The Hall–Kier alpha value is -2.28. The van der Waals surface area contributed by atoms with Crippen molar-refractivity contribution < 1.29 is 4.79 Å². The molecule has 1 atom stereocenters. The molecular formula is C21H32N6O. The van der Waals surface area contributed by atoms with E-state index in [1.54, 1.807) is 19.3 Å². The molecule has 7 heteroatoms. The number of hydrogen-bond acceptors (Lipinski definition) is 5. The van der Waals surface area contributed by atoms with Gasteiger partial charge in [0.15, 0.2) is 0 Å². The molecule has 1 aliphatic heterocycles. The smallest absolute Gasteiger partial charge is 0.219 e. The summed E-state index contributed by atoms with van der Waals surface area (Å²) in [5.74, 6) is 0.719. The molecule has 0 spiro atoms. The van der Waals surface area contributed by atoms with E-state index in [0.717, 1.165) is 51.0 Å². The SMILES string of the molecule is CC(=O)N(Cc1cncnc1)[C@@H]1CCCN(Cc2cnn(CC(C)C)c2)CC1. The first-order valence-corrected chi connectivity index (χ1v) is 10.3. The van der Waals surface area contributed by atoms with E-state index in [-0.39, 0.29) is 11.9 Å². The van der Waals surface area contributed by atoms with Crippen LogP contribution in [0.15, 0.2) is 31.1 Å². The minimum atomic E-state index is 0.122. The summed E-state index contributed by atoms with van der Waals surface area (Å²) >= 11 is 0. The highest BCUT2D eigenvalue weighted by Crippen LogP contribution is 2.20. The molecule has 3 heterocycles. The molecule has 0 saturated carbocycles. The van der Waals surface area contributed by atoms with Gasteiger partial charge in [-0.05, 0) is 31.7 Å². The van der Waals surface area contributed by atoms with Crippen molar-refractivity contribution in [2.75, 3.05) is 13.1 Å². The molecule has 2 aromatic rings. The summed E-state index contributed by atoms with van der Waals surface area (Å²) in [6, 6.07) is 0.270. The van der Waals surface area contributed by atoms with Crippen LogP contribution in [0.4, 0.5) is 0 Å². The summed E-state index contributed by atoms with van der Waals surface area (Å²) in [4.78, 5) is 24.9. The fraction of sp³-hybridized carbons (Fsp3) is 0.619. The Morgan fingerprint density at radius 2 is 1.96 bits per heavy atom. The molecule has 1 saturated heterocycles. The Bertz CT molecular complexity index is 744. The number of amides is 1. The zero-order valence-corrected chi connectivity index (χ0v) is 17.3. The topological polar surface area (TPSA) is 67.2 Å². The highest BCUT2D eigenvalue weighted by Gasteiger charge is 2.25. The van der Waals surface area contributed by atoms with Crippen LogP contribution in [-0.2, 0) is 24.4 Å². The van der Waals surface area contributed by atoms with Gasteiger partial charge in [0.25, 0.3) is 0 Å². The average Bonchev–Trinajstić information content (AvgIpc) is 2.95. The largest absolute Gasteiger partial charge is 0.335 e. The maximum absolute atomic E-state index is 12.3. The predicted octanol–water partition coefficient (Wildman–Crippen LogP) is 2.73. The molecule has 3 rings (SSSR count). The Labute approximate surface area is 167 Å². The summed E-state index contributed by atoms with van der Waals surface area (Å²) in [5, 5.41) is 4.48. The first-order valence-electron chi connectivity index (χ1n) is 10.3. The van der Waals surface area contributed by atoms with Crippen LogP contribution in [0.1, 0.15) is 51.2 Å². The van der Waals surface area contributed by atoms with Crippen LogP contribution in [0.3, 0.4) is 0 Å². The summed E-state index contributed by atoms with van der Waals surface area (Å²) in [6.07, 6.45) is 12.4. The van der Waals surface area contributed by atoms with Crippen LogP contribution in [0.2, 0.25) is 0 Å². The second-order valence-corrected chi connectivity index (χ2v) is 8.22. The molecule has 0 bridgehead atoms. The summed E-state index contributed by atoms with van der Waals surface area (Å²) < 4.78 is 2.04. The van der Waals surface area contributed by atoms with Crippen molar-refractivity contribution >= 4 is 5.91 Å². The third-order valence-corrected chi connectivity index (χ3v) is 5.25. The lowest BCUT2D eigenvalue weighted by Gasteiger charge is -2.30. The number of nitrogens with zero attached hydrogens (tertiary/aromatic N) is 6. The number of carbonyl (C=O) groups excluding carboxylic acids is 1. The summed E-state index contributed by atoms with van der Waals surface area (Å²) in [5.41, 5.74) is 2.25. The highest BCUT2D eigenvalue weighted by atomic mass is 16.2. The van der Waals surface area contributed by atoms with Gasteiger partial charge >= 0.3 is 0 Å². The Morgan fingerprint density at radius 1 is 1.18 bits per heavy atom. The van der Waals surface area contributed by atoms with E-state index in [4.69, 9.17) is 0 Å². The van der Waals surface area contributed by atoms with E-state index in [1.165, 1.54) is 11.9 Å². The number of likely N-dealkylation sites (tertiary alicyclic amines) is 1. The van der Waals surface area contributed by atoms with Gasteiger partial charge in [-0.2, -0.15) is 5.10 Å². The fourth-order valence-electron chi connectivity index (χ4n) is 3.93. The maximum Gasteiger partial charge on any atom is 0.219 e. The quantitative estimate of drug-likeness (QED) is 0.734. The van der Waals surface area contributed by atoms with Gasteiger partial charge in [-0.25, -0.2) is 9.97 Å². The third kappa shape index (κ3) is 5.86. The van der Waals surface area contributed by atoms with Crippen LogP contribution in [0, 0.1) is 5.92 Å². The summed E-state index contributed by atoms with van der Waals surface area (Å²) in [7, 11) is 0. The molecular weight excluding hydrogens is 352 g/mol. The lowest BCUT2D eigenvalue weighted by Crippen LogP contribution is -2.39. The lowest BCUT2D eigenvalue weighted by molar-refractivity contribution is -0.132. The number of hydrogen-bond donors (Lipinski definition) is 0. The van der Waals surface area contributed by atoms with Crippen molar-refractivity contribution in [3.8, 4) is 0 Å². The Kier molecular flexibility index (Phi) is 7.14. The minimum absolute atomic E-state index is 0.122. The van der Waals surface area contributed by atoms with Gasteiger partial charge in [-0.3, -0.25) is 14.4 Å². The molecule has 0 unspecified atom stereocenters. The van der Waals surface area contributed by atoms with Crippen LogP contribution in [0.25, 0.3) is 0 Å². The van der Waals surface area contributed by atoms with Crippen LogP contribution >= 0.6 is 0 Å². The van der Waals surface area contributed by atoms with Gasteiger partial charge in [-0.1, -0.05) is 13.8 Å². The monoisotopic (exact) mass is 384 g/mol. The molecule has 28 heavy (non-hydrogen) atoms. The molecule has 0 N–H and O–H groups in total.